The molecule has 0 saturated heterocycles. The molecule has 1 heterocycles. The molecule has 1 atom stereocenters. The molecule has 0 aromatic heterocycles. The van der Waals surface area contributed by atoms with Crippen molar-refractivity contribution in [3.63, 3.8) is 0 Å². The van der Waals surface area contributed by atoms with E-state index in [4.69, 9.17) is 25.8 Å². The number of ether oxygens (including phenoxy) is 3. The molecule has 1 N–H and O–H groups in total. The van der Waals surface area contributed by atoms with Gasteiger partial charge in [0.15, 0.2) is 11.5 Å². The lowest BCUT2D eigenvalue weighted by Gasteiger charge is -2.19. The third kappa shape index (κ3) is 3.32. The van der Waals surface area contributed by atoms with Gasteiger partial charge >= 0.3 is 0 Å². The summed E-state index contributed by atoms with van der Waals surface area (Å²) in [6.45, 7) is 1.65. The van der Waals surface area contributed by atoms with E-state index in [-0.39, 0.29) is 11.9 Å². The zero-order chi connectivity index (χ0) is 13.7. The van der Waals surface area contributed by atoms with Crippen LogP contribution < -0.4 is 4.74 Å². The fraction of sp³-hybridized carbons (Fsp3) is 0.571. The van der Waals surface area contributed by atoms with E-state index < -0.39 is 0 Å². The molecule has 0 radical (unpaired) electrons. The largest absolute Gasteiger partial charge is 0.504 e. The Morgan fingerprint density at radius 1 is 1.47 bits per heavy atom. The number of phenols is 1. The van der Waals surface area contributed by atoms with Crippen LogP contribution in [-0.2, 0) is 15.9 Å². The Hall–Kier alpha value is -0.970. The Bertz CT molecular complexity index is 422. The topological polar surface area (TPSA) is 47.9 Å². The summed E-state index contributed by atoms with van der Waals surface area (Å²) in [7, 11) is 1.57. The average Bonchev–Trinajstić information content (AvgIpc) is 2.62. The van der Waals surface area contributed by atoms with Gasteiger partial charge in [-0.05, 0) is 24.5 Å². The third-order valence-electron chi connectivity index (χ3n) is 3.21. The van der Waals surface area contributed by atoms with E-state index in [2.05, 4.69) is 0 Å². The molecule has 0 spiro atoms. The van der Waals surface area contributed by atoms with Gasteiger partial charge in [-0.15, -0.1) is 11.6 Å². The molecule has 0 fully saturated rings. The quantitative estimate of drug-likeness (QED) is 0.668. The van der Waals surface area contributed by atoms with Crippen molar-refractivity contribution in [1.29, 1.82) is 0 Å². The highest BCUT2D eigenvalue weighted by Gasteiger charge is 2.23. The van der Waals surface area contributed by atoms with Crippen molar-refractivity contribution in [3.8, 4) is 11.5 Å². The van der Waals surface area contributed by atoms with Crippen molar-refractivity contribution in [2.45, 2.75) is 18.9 Å². The SMILES string of the molecule is COc1c(O)ccc2c1CCCOC2COCCCl. The van der Waals surface area contributed by atoms with Gasteiger partial charge in [-0.1, -0.05) is 6.07 Å². The average molecular weight is 287 g/mol. The lowest BCUT2D eigenvalue weighted by molar-refractivity contribution is -0.0120. The van der Waals surface area contributed by atoms with Gasteiger partial charge < -0.3 is 19.3 Å². The van der Waals surface area contributed by atoms with E-state index in [1.807, 2.05) is 6.07 Å². The maximum absolute atomic E-state index is 9.84. The number of alkyl halides is 1. The molecule has 0 bridgehead atoms. The predicted octanol–water partition coefficient (Wildman–Crippen LogP) is 2.66. The minimum absolute atomic E-state index is 0.129. The number of aromatic hydroxyl groups is 1. The molecule has 1 unspecified atom stereocenters. The van der Waals surface area contributed by atoms with Crippen molar-refractivity contribution in [3.05, 3.63) is 23.3 Å². The van der Waals surface area contributed by atoms with Crippen LogP contribution in [0.3, 0.4) is 0 Å². The zero-order valence-corrected chi connectivity index (χ0v) is 11.8. The Morgan fingerprint density at radius 3 is 3.05 bits per heavy atom. The smallest absolute Gasteiger partial charge is 0.164 e. The van der Waals surface area contributed by atoms with Gasteiger partial charge in [-0.3, -0.25) is 0 Å². The molecule has 0 saturated carbocycles. The second-order valence-corrected chi connectivity index (χ2v) is 4.79. The molecule has 4 nitrogen and oxygen atoms in total. The molecule has 5 heteroatoms. The van der Waals surface area contributed by atoms with Crippen molar-refractivity contribution >= 4 is 11.6 Å². The molecule has 1 aromatic carbocycles. The summed E-state index contributed by atoms with van der Waals surface area (Å²) in [6.07, 6.45) is 1.60. The molecule has 0 amide bonds. The lowest BCUT2D eigenvalue weighted by Crippen LogP contribution is -2.13. The van der Waals surface area contributed by atoms with Crippen LogP contribution in [0.4, 0.5) is 0 Å². The molecular formula is C14H19ClO4. The molecule has 106 valence electrons. The van der Waals surface area contributed by atoms with Crippen LogP contribution in [0.25, 0.3) is 0 Å². The highest BCUT2D eigenvalue weighted by Crippen LogP contribution is 2.38. The summed E-state index contributed by atoms with van der Waals surface area (Å²) in [6, 6.07) is 3.52. The van der Waals surface area contributed by atoms with Crippen LogP contribution in [0, 0.1) is 0 Å². The first-order chi connectivity index (χ1) is 9.27. The van der Waals surface area contributed by atoms with Crippen LogP contribution in [-0.4, -0.2) is 37.9 Å². The molecule has 1 aromatic rings. The number of rotatable bonds is 5. The number of fused-ring (bicyclic) bond motifs is 1. The molecule has 1 aliphatic rings. The Kier molecular flexibility index (Phi) is 5.31. The van der Waals surface area contributed by atoms with Gasteiger partial charge in [0.2, 0.25) is 0 Å². The molecule has 19 heavy (non-hydrogen) atoms. The molecular weight excluding hydrogens is 268 g/mol. The molecule has 2 rings (SSSR count). The molecule has 1 aliphatic heterocycles. The summed E-state index contributed by atoms with van der Waals surface area (Å²) in [5, 5.41) is 9.84. The van der Waals surface area contributed by atoms with Gasteiger partial charge in [-0.25, -0.2) is 0 Å². The first-order valence-electron chi connectivity index (χ1n) is 6.42. The molecule has 0 aliphatic carbocycles. The lowest BCUT2D eigenvalue weighted by atomic mass is 9.98. The number of methoxy groups -OCH3 is 1. The summed E-state index contributed by atoms with van der Waals surface area (Å²) in [4.78, 5) is 0. The third-order valence-corrected chi connectivity index (χ3v) is 3.36. The number of benzene rings is 1. The summed E-state index contributed by atoms with van der Waals surface area (Å²) >= 11 is 5.60. The minimum Gasteiger partial charge on any atom is -0.504 e. The van der Waals surface area contributed by atoms with E-state index in [0.717, 1.165) is 24.0 Å². The number of phenolic OH excluding ortho intramolecular Hbond substituents is 1. The van der Waals surface area contributed by atoms with Gasteiger partial charge in [0, 0.05) is 18.1 Å². The predicted molar refractivity (Wildman–Crippen MR) is 73.2 cm³/mol. The van der Waals surface area contributed by atoms with E-state index in [0.29, 0.717) is 31.5 Å². The van der Waals surface area contributed by atoms with Crippen molar-refractivity contribution < 1.29 is 19.3 Å². The number of hydrogen-bond acceptors (Lipinski definition) is 4. The summed E-state index contributed by atoms with van der Waals surface area (Å²) in [5.41, 5.74) is 2.04. The monoisotopic (exact) mass is 286 g/mol. The fourth-order valence-corrected chi connectivity index (χ4v) is 2.47. The standard InChI is InChI=1S/C14H19ClO4/c1-17-14-11-3-2-7-19-13(9-18-8-6-15)10(11)4-5-12(14)16/h4-5,13,16H,2-3,6-9H2,1H3. The van der Waals surface area contributed by atoms with E-state index in [9.17, 15) is 5.11 Å². The van der Waals surface area contributed by atoms with Crippen LogP contribution in [0.15, 0.2) is 12.1 Å². The number of halogens is 1. The van der Waals surface area contributed by atoms with Gasteiger partial charge in [-0.2, -0.15) is 0 Å². The Morgan fingerprint density at radius 2 is 2.32 bits per heavy atom. The maximum Gasteiger partial charge on any atom is 0.164 e. The van der Waals surface area contributed by atoms with Crippen LogP contribution in [0.5, 0.6) is 11.5 Å². The van der Waals surface area contributed by atoms with Crippen LogP contribution in [0.2, 0.25) is 0 Å². The Labute approximate surface area is 118 Å². The summed E-state index contributed by atoms with van der Waals surface area (Å²) < 4.78 is 16.6. The second-order valence-electron chi connectivity index (χ2n) is 4.41. The first-order valence-corrected chi connectivity index (χ1v) is 6.95. The van der Waals surface area contributed by atoms with Crippen molar-refractivity contribution in [1.82, 2.24) is 0 Å². The van der Waals surface area contributed by atoms with Gasteiger partial charge in [0.05, 0.1) is 20.3 Å². The second kappa shape index (κ2) is 6.98. The van der Waals surface area contributed by atoms with Gasteiger partial charge in [0.25, 0.3) is 0 Å². The van der Waals surface area contributed by atoms with E-state index in [1.54, 1.807) is 13.2 Å². The highest BCUT2D eigenvalue weighted by atomic mass is 35.5. The van der Waals surface area contributed by atoms with Crippen molar-refractivity contribution in [2.24, 2.45) is 0 Å². The van der Waals surface area contributed by atoms with E-state index in [1.165, 1.54) is 0 Å². The minimum atomic E-state index is -0.129. The Balaban J connectivity index is 2.26. The normalized spacial score (nSPS) is 18.7. The van der Waals surface area contributed by atoms with Crippen LogP contribution in [0.1, 0.15) is 23.7 Å². The van der Waals surface area contributed by atoms with Crippen molar-refractivity contribution in [2.75, 3.05) is 32.8 Å². The number of hydrogen-bond donors (Lipinski definition) is 1. The fourth-order valence-electron chi connectivity index (χ4n) is 2.37. The van der Waals surface area contributed by atoms with E-state index >= 15 is 0 Å². The van der Waals surface area contributed by atoms with Gasteiger partial charge in [0.1, 0.15) is 6.10 Å². The highest BCUT2D eigenvalue weighted by molar-refractivity contribution is 6.17. The maximum atomic E-state index is 9.84. The zero-order valence-electron chi connectivity index (χ0n) is 11.0. The first kappa shape index (κ1) is 14.4. The summed E-state index contributed by atoms with van der Waals surface area (Å²) in [5.74, 6) is 1.19. The van der Waals surface area contributed by atoms with Crippen LogP contribution >= 0.6 is 11.6 Å².